The van der Waals surface area contributed by atoms with Gasteiger partial charge in [0.15, 0.2) is 11.0 Å². The van der Waals surface area contributed by atoms with E-state index in [9.17, 15) is 4.21 Å². The molecule has 0 radical (unpaired) electrons. The molecule has 1 aliphatic rings. The minimum atomic E-state index is -1.27. The standard InChI is InChI=1S/C7H4ClNOS.C2H6/c8-7-5-3-1-2-4-6(5)11(10)9-7;1-2/h1-4H;1-2H3. The van der Waals surface area contributed by atoms with Crippen molar-refractivity contribution in [2.45, 2.75) is 18.7 Å². The number of fused-ring (bicyclic) bond motifs is 1. The molecule has 0 fully saturated rings. The van der Waals surface area contributed by atoms with Gasteiger partial charge in [0.2, 0.25) is 0 Å². The summed E-state index contributed by atoms with van der Waals surface area (Å²) >= 11 is 5.69. The summed E-state index contributed by atoms with van der Waals surface area (Å²) in [6.45, 7) is 4.00. The lowest BCUT2D eigenvalue weighted by Gasteiger charge is -1.92. The van der Waals surface area contributed by atoms with Gasteiger partial charge in [-0.15, -0.1) is 0 Å². The van der Waals surface area contributed by atoms with Gasteiger partial charge in [-0.1, -0.05) is 43.6 Å². The van der Waals surface area contributed by atoms with Gasteiger partial charge in [0.05, 0.1) is 4.90 Å². The second kappa shape index (κ2) is 4.53. The van der Waals surface area contributed by atoms with Crippen LogP contribution in [0.4, 0.5) is 0 Å². The molecular formula is C9H10ClNOS. The third-order valence-electron chi connectivity index (χ3n) is 1.46. The maximum Gasteiger partial charge on any atom is 0.174 e. The Labute approximate surface area is 85.2 Å². The molecule has 4 heteroatoms. The molecule has 1 heterocycles. The predicted octanol–water partition coefficient (Wildman–Crippen LogP) is 2.73. The number of hydrogen-bond donors (Lipinski definition) is 0. The smallest absolute Gasteiger partial charge is 0.174 e. The van der Waals surface area contributed by atoms with Crippen molar-refractivity contribution in [2.24, 2.45) is 4.40 Å². The van der Waals surface area contributed by atoms with E-state index in [0.717, 1.165) is 5.56 Å². The highest BCUT2D eigenvalue weighted by atomic mass is 35.5. The van der Waals surface area contributed by atoms with E-state index in [2.05, 4.69) is 4.40 Å². The van der Waals surface area contributed by atoms with Crippen LogP contribution in [0.15, 0.2) is 33.6 Å². The molecule has 0 bridgehead atoms. The zero-order valence-electron chi connectivity index (χ0n) is 7.45. The van der Waals surface area contributed by atoms with Crippen molar-refractivity contribution >= 4 is 27.8 Å². The van der Waals surface area contributed by atoms with Gasteiger partial charge in [0.1, 0.15) is 5.17 Å². The fraction of sp³-hybridized carbons (Fsp3) is 0.222. The Balaban J connectivity index is 0.000000396. The van der Waals surface area contributed by atoms with E-state index in [4.69, 9.17) is 11.6 Å². The molecule has 1 aromatic carbocycles. The fourth-order valence-corrected chi connectivity index (χ4v) is 2.26. The largest absolute Gasteiger partial charge is 0.229 e. The van der Waals surface area contributed by atoms with Crippen LogP contribution in [0.2, 0.25) is 0 Å². The molecule has 13 heavy (non-hydrogen) atoms. The summed E-state index contributed by atoms with van der Waals surface area (Å²) in [5.41, 5.74) is 0.785. The number of halogens is 1. The van der Waals surface area contributed by atoms with E-state index in [-0.39, 0.29) is 0 Å². The summed E-state index contributed by atoms with van der Waals surface area (Å²) in [6.07, 6.45) is 0. The van der Waals surface area contributed by atoms with Gasteiger partial charge < -0.3 is 0 Å². The van der Waals surface area contributed by atoms with E-state index in [1.807, 2.05) is 32.0 Å². The van der Waals surface area contributed by atoms with Crippen LogP contribution in [0.1, 0.15) is 19.4 Å². The van der Waals surface area contributed by atoms with Crippen LogP contribution < -0.4 is 0 Å². The summed E-state index contributed by atoms with van der Waals surface area (Å²) in [6, 6.07) is 7.25. The summed E-state index contributed by atoms with van der Waals surface area (Å²) in [5.74, 6) is 0. The highest BCUT2D eigenvalue weighted by molar-refractivity contribution is 7.84. The number of benzene rings is 1. The summed E-state index contributed by atoms with van der Waals surface area (Å²) in [7, 11) is -1.27. The molecule has 1 unspecified atom stereocenters. The summed E-state index contributed by atoms with van der Waals surface area (Å²) < 4.78 is 14.8. The second-order valence-electron chi connectivity index (χ2n) is 2.13. The van der Waals surface area contributed by atoms with E-state index in [1.165, 1.54) is 0 Å². The molecule has 0 saturated carbocycles. The normalized spacial score (nSPS) is 18.4. The lowest BCUT2D eigenvalue weighted by atomic mass is 10.2. The molecule has 0 amide bonds. The van der Waals surface area contributed by atoms with Crippen molar-refractivity contribution in [3.63, 3.8) is 0 Å². The molecule has 0 saturated heterocycles. The van der Waals surface area contributed by atoms with Crippen LogP contribution in [0.5, 0.6) is 0 Å². The quantitative estimate of drug-likeness (QED) is 0.655. The van der Waals surface area contributed by atoms with Crippen molar-refractivity contribution in [3.05, 3.63) is 29.8 Å². The lowest BCUT2D eigenvalue weighted by molar-refractivity contribution is 0.685. The highest BCUT2D eigenvalue weighted by Crippen LogP contribution is 2.23. The zero-order valence-corrected chi connectivity index (χ0v) is 9.02. The van der Waals surface area contributed by atoms with Gasteiger partial charge in [-0.05, 0) is 6.07 Å². The van der Waals surface area contributed by atoms with Crippen LogP contribution in [0.25, 0.3) is 0 Å². The van der Waals surface area contributed by atoms with Crippen molar-refractivity contribution in [1.82, 2.24) is 0 Å². The Bertz CT molecular complexity index is 362. The Morgan fingerprint density at radius 2 is 1.92 bits per heavy atom. The molecule has 1 aliphatic heterocycles. The molecule has 1 aromatic rings. The SMILES string of the molecule is CC.O=S1N=C(Cl)c2ccccc21. The maximum absolute atomic E-state index is 11.1. The van der Waals surface area contributed by atoms with Crippen LogP contribution in [-0.4, -0.2) is 9.38 Å². The summed E-state index contributed by atoms with van der Waals surface area (Å²) in [5, 5.41) is 0.346. The van der Waals surface area contributed by atoms with Crippen molar-refractivity contribution in [3.8, 4) is 0 Å². The van der Waals surface area contributed by atoms with E-state index < -0.39 is 11.0 Å². The lowest BCUT2D eigenvalue weighted by Crippen LogP contribution is -1.86. The first-order chi connectivity index (χ1) is 6.29. The third-order valence-corrected chi connectivity index (χ3v) is 2.93. The Hall–Kier alpha value is -0.670. The second-order valence-corrected chi connectivity index (χ2v) is 3.61. The third kappa shape index (κ3) is 1.98. The van der Waals surface area contributed by atoms with Gasteiger partial charge in [0.25, 0.3) is 0 Å². The number of rotatable bonds is 0. The van der Waals surface area contributed by atoms with Gasteiger partial charge in [-0.25, -0.2) is 4.21 Å². The monoisotopic (exact) mass is 215 g/mol. The average Bonchev–Trinajstić information content (AvgIpc) is 2.47. The zero-order chi connectivity index (χ0) is 9.84. The fourth-order valence-electron chi connectivity index (χ4n) is 0.960. The molecule has 0 spiro atoms. The first-order valence-corrected chi connectivity index (χ1v) is 5.53. The van der Waals surface area contributed by atoms with E-state index in [0.29, 0.717) is 10.1 Å². The minimum Gasteiger partial charge on any atom is -0.229 e. The maximum atomic E-state index is 11.1. The van der Waals surface area contributed by atoms with E-state index in [1.54, 1.807) is 6.07 Å². The predicted molar refractivity (Wildman–Crippen MR) is 56.6 cm³/mol. The topological polar surface area (TPSA) is 29.4 Å². The molecule has 0 aliphatic carbocycles. The Kier molecular flexibility index (Phi) is 3.63. The van der Waals surface area contributed by atoms with Crippen molar-refractivity contribution < 1.29 is 4.21 Å². The molecule has 0 aromatic heterocycles. The summed E-state index contributed by atoms with van der Waals surface area (Å²) in [4.78, 5) is 0.706. The molecular weight excluding hydrogens is 206 g/mol. The first-order valence-electron chi connectivity index (χ1n) is 4.04. The minimum absolute atomic E-state index is 0.346. The number of hydrogen-bond acceptors (Lipinski definition) is 1. The number of nitrogens with zero attached hydrogens (tertiary/aromatic N) is 1. The molecule has 0 N–H and O–H groups in total. The van der Waals surface area contributed by atoms with Crippen molar-refractivity contribution in [2.75, 3.05) is 0 Å². The van der Waals surface area contributed by atoms with Gasteiger partial charge >= 0.3 is 0 Å². The van der Waals surface area contributed by atoms with Gasteiger partial charge in [-0.2, -0.15) is 4.40 Å². The molecule has 70 valence electrons. The van der Waals surface area contributed by atoms with Crippen LogP contribution in [0.3, 0.4) is 0 Å². The van der Waals surface area contributed by atoms with Crippen LogP contribution in [-0.2, 0) is 11.0 Å². The van der Waals surface area contributed by atoms with Gasteiger partial charge in [-0.3, -0.25) is 0 Å². The first kappa shape index (κ1) is 10.4. The van der Waals surface area contributed by atoms with Gasteiger partial charge in [0, 0.05) is 5.56 Å². The molecule has 2 nitrogen and oxygen atoms in total. The van der Waals surface area contributed by atoms with Crippen LogP contribution >= 0.6 is 11.6 Å². The molecule has 2 rings (SSSR count). The van der Waals surface area contributed by atoms with Crippen LogP contribution in [0, 0.1) is 0 Å². The molecule has 1 atom stereocenters. The Morgan fingerprint density at radius 1 is 1.31 bits per heavy atom. The highest BCUT2D eigenvalue weighted by Gasteiger charge is 2.19. The Morgan fingerprint density at radius 3 is 2.54 bits per heavy atom. The van der Waals surface area contributed by atoms with E-state index >= 15 is 0 Å². The average molecular weight is 216 g/mol. The van der Waals surface area contributed by atoms with Crippen molar-refractivity contribution in [1.29, 1.82) is 0 Å².